The number of hydrogen-bond donors (Lipinski definition) is 1. The van der Waals surface area contributed by atoms with E-state index in [4.69, 9.17) is 0 Å². The molecule has 1 amide bonds. The minimum atomic E-state index is -0.276. The Morgan fingerprint density at radius 1 is 1.42 bits per heavy atom. The molecule has 6 heteroatoms. The highest BCUT2D eigenvalue weighted by Gasteiger charge is 2.24. The van der Waals surface area contributed by atoms with Crippen molar-refractivity contribution in [3.63, 3.8) is 0 Å². The van der Waals surface area contributed by atoms with Gasteiger partial charge in [0.1, 0.15) is 15.7 Å². The van der Waals surface area contributed by atoms with E-state index in [2.05, 4.69) is 22.1 Å². The van der Waals surface area contributed by atoms with Gasteiger partial charge in [-0.3, -0.25) is 9.69 Å². The highest BCUT2D eigenvalue weighted by Crippen LogP contribution is 2.28. The molecule has 1 aliphatic rings. The number of hydrogen-bond acceptors (Lipinski definition) is 4. The lowest BCUT2D eigenvalue weighted by Crippen LogP contribution is -2.39. The molecule has 0 saturated carbocycles. The molecule has 3 rings (SSSR count). The number of likely N-dealkylation sites (tertiary alicyclic amines) is 1. The van der Waals surface area contributed by atoms with Crippen molar-refractivity contribution in [1.29, 1.82) is 0 Å². The van der Waals surface area contributed by atoms with Gasteiger partial charge in [0.2, 0.25) is 0 Å². The second-order valence-electron chi connectivity index (χ2n) is 6.08. The Kier molecular flexibility index (Phi) is 5.26. The molecule has 0 radical (unpaired) electrons. The first-order valence-corrected chi connectivity index (χ1v) is 9.15. The second-order valence-corrected chi connectivity index (χ2v) is 7.07. The van der Waals surface area contributed by atoms with Crippen LogP contribution in [0.2, 0.25) is 0 Å². The molecule has 0 spiro atoms. The fraction of sp³-hybridized carbons (Fsp3) is 0.444. The van der Waals surface area contributed by atoms with Crippen LogP contribution >= 0.6 is 11.3 Å². The van der Waals surface area contributed by atoms with Crippen LogP contribution in [0.5, 0.6) is 0 Å². The van der Waals surface area contributed by atoms with Crippen LogP contribution in [0.1, 0.15) is 35.1 Å². The summed E-state index contributed by atoms with van der Waals surface area (Å²) in [6, 6.07) is 6.62. The van der Waals surface area contributed by atoms with Gasteiger partial charge in [0.15, 0.2) is 0 Å². The molecular formula is C18H22FN3OS. The van der Waals surface area contributed by atoms with Gasteiger partial charge in [-0.25, -0.2) is 9.37 Å². The monoisotopic (exact) mass is 347 g/mol. The second kappa shape index (κ2) is 7.40. The Morgan fingerprint density at radius 2 is 2.17 bits per heavy atom. The van der Waals surface area contributed by atoms with Crippen molar-refractivity contribution >= 4 is 17.2 Å². The van der Waals surface area contributed by atoms with Gasteiger partial charge in [-0.1, -0.05) is 6.92 Å². The van der Waals surface area contributed by atoms with Gasteiger partial charge in [-0.2, -0.15) is 0 Å². The number of likely N-dealkylation sites (N-methyl/N-ethyl adjacent to an activating group) is 1. The number of halogens is 1. The van der Waals surface area contributed by atoms with Crippen LogP contribution in [-0.4, -0.2) is 41.5 Å². The van der Waals surface area contributed by atoms with E-state index in [1.54, 1.807) is 12.1 Å². The zero-order valence-electron chi connectivity index (χ0n) is 14.0. The number of aryl methyl sites for hydroxylation is 1. The smallest absolute Gasteiger partial charge is 0.263 e. The molecule has 1 fully saturated rings. The molecule has 2 heterocycles. The number of rotatable bonds is 5. The first-order valence-electron chi connectivity index (χ1n) is 8.34. The summed E-state index contributed by atoms with van der Waals surface area (Å²) in [5.41, 5.74) is 1.55. The third kappa shape index (κ3) is 3.65. The van der Waals surface area contributed by atoms with Gasteiger partial charge in [0.05, 0.1) is 5.69 Å². The van der Waals surface area contributed by atoms with E-state index in [0.29, 0.717) is 17.5 Å². The highest BCUT2D eigenvalue weighted by molar-refractivity contribution is 7.17. The highest BCUT2D eigenvalue weighted by atomic mass is 32.1. The molecule has 24 heavy (non-hydrogen) atoms. The first-order chi connectivity index (χ1) is 11.6. The van der Waals surface area contributed by atoms with Gasteiger partial charge in [0.25, 0.3) is 5.91 Å². The maximum atomic E-state index is 13.0. The minimum absolute atomic E-state index is 0.0682. The van der Waals surface area contributed by atoms with Crippen LogP contribution in [-0.2, 0) is 0 Å². The Labute approximate surface area is 145 Å². The van der Waals surface area contributed by atoms with Crippen molar-refractivity contribution in [1.82, 2.24) is 15.2 Å². The summed E-state index contributed by atoms with van der Waals surface area (Å²) in [5, 5.41) is 3.79. The molecular weight excluding hydrogens is 325 g/mol. The molecule has 128 valence electrons. The Hall–Kier alpha value is -1.79. The minimum Gasteiger partial charge on any atom is -0.350 e. The maximum absolute atomic E-state index is 13.0. The number of benzene rings is 1. The summed E-state index contributed by atoms with van der Waals surface area (Å²) >= 11 is 1.36. The van der Waals surface area contributed by atoms with E-state index >= 15 is 0 Å². The van der Waals surface area contributed by atoms with Gasteiger partial charge in [-0.15, -0.1) is 11.3 Å². The van der Waals surface area contributed by atoms with Crippen molar-refractivity contribution in [2.24, 2.45) is 0 Å². The van der Waals surface area contributed by atoms with Crippen molar-refractivity contribution in [3.8, 4) is 10.6 Å². The van der Waals surface area contributed by atoms with Gasteiger partial charge in [-0.05, 0) is 57.1 Å². The molecule has 2 aromatic rings. The molecule has 0 bridgehead atoms. The number of carbonyl (C=O) groups excluding carboxylic acids is 1. The average Bonchev–Trinajstić information content (AvgIpc) is 3.19. The summed E-state index contributed by atoms with van der Waals surface area (Å²) in [6.07, 6.45) is 2.33. The number of amides is 1. The van der Waals surface area contributed by atoms with Gasteiger partial charge < -0.3 is 5.32 Å². The van der Waals surface area contributed by atoms with E-state index < -0.39 is 0 Å². The van der Waals surface area contributed by atoms with Gasteiger partial charge >= 0.3 is 0 Å². The fourth-order valence-corrected chi connectivity index (χ4v) is 4.14. The Balaban J connectivity index is 1.68. The first kappa shape index (κ1) is 17.0. The van der Waals surface area contributed by atoms with Crippen LogP contribution < -0.4 is 5.32 Å². The van der Waals surface area contributed by atoms with E-state index in [1.165, 1.54) is 29.9 Å². The maximum Gasteiger partial charge on any atom is 0.263 e. The predicted molar refractivity (Wildman–Crippen MR) is 94.8 cm³/mol. The standard InChI is InChI=1S/C18H22FN3OS/c1-3-22-10-4-5-15(22)11-20-17(23)16-12(2)21-18(24-16)13-6-8-14(19)9-7-13/h6-9,15H,3-5,10-11H2,1-2H3,(H,20,23)/t15-/m0/s1. The third-order valence-corrected chi connectivity index (χ3v) is 5.70. The Morgan fingerprint density at radius 3 is 2.88 bits per heavy atom. The number of nitrogens with zero attached hydrogens (tertiary/aromatic N) is 2. The summed E-state index contributed by atoms with van der Waals surface area (Å²) in [6.45, 7) is 6.81. The predicted octanol–water partition coefficient (Wildman–Crippen LogP) is 3.47. The van der Waals surface area contributed by atoms with E-state index in [1.807, 2.05) is 6.92 Å². The fourth-order valence-electron chi connectivity index (χ4n) is 3.16. The van der Waals surface area contributed by atoms with Crippen LogP contribution in [0.15, 0.2) is 24.3 Å². The number of aromatic nitrogens is 1. The summed E-state index contributed by atoms with van der Waals surface area (Å²) < 4.78 is 13.0. The zero-order valence-corrected chi connectivity index (χ0v) is 14.8. The molecule has 1 atom stereocenters. The SMILES string of the molecule is CCN1CCC[C@H]1CNC(=O)c1sc(-c2ccc(F)cc2)nc1C. The summed E-state index contributed by atoms with van der Waals surface area (Å²) in [7, 11) is 0. The molecule has 1 aliphatic heterocycles. The molecule has 1 saturated heterocycles. The lowest BCUT2D eigenvalue weighted by atomic mass is 10.2. The third-order valence-electron chi connectivity index (χ3n) is 4.50. The lowest BCUT2D eigenvalue weighted by Gasteiger charge is -2.22. The normalized spacial score (nSPS) is 18.0. The van der Waals surface area contributed by atoms with E-state index in [-0.39, 0.29) is 11.7 Å². The molecule has 4 nitrogen and oxygen atoms in total. The Bertz CT molecular complexity index is 714. The van der Waals surface area contributed by atoms with Crippen LogP contribution in [0.3, 0.4) is 0 Å². The van der Waals surface area contributed by atoms with Crippen molar-refractivity contribution in [3.05, 3.63) is 40.7 Å². The van der Waals surface area contributed by atoms with Crippen LogP contribution in [0, 0.1) is 12.7 Å². The summed E-state index contributed by atoms with van der Waals surface area (Å²) in [5.74, 6) is -0.344. The quantitative estimate of drug-likeness (QED) is 0.901. The number of thiazole rings is 1. The van der Waals surface area contributed by atoms with Crippen molar-refractivity contribution < 1.29 is 9.18 Å². The zero-order chi connectivity index (χ0) is 17.1. The van der Waals surface area contributed by atoms with Crippen LogP contribution in [0.25, 0.3) is 10.6 Å². The molecule has 0 unspecified atom stereocenters. The molecule has 0 aliphatic carbocycles. The van der Waals surface area contributed by atoms with E-state index in [0.717, 1.165) is 35.8 Å². The van der Waals surface area contributed by atoms with Crippen molar-refractivity contribution in [2.45, 2.75) is 32.7 Å². The summed E-state index contributed by atoms with van der Waals surface area (Å²) in [4.78, 5) is 20.0. The lowest BCUT2D eigenvalue weighted by molar-refractivity contribution is 0.0944. The van der Waals surface area contributed by atoms with E-state index in [9.17, 15) is 9.18 Å². The van der Waals surface area contributed by atoms with Crippen molar-refractivity contribution in [2.75, 3.05) is 19.6 Å². The molecule has 1 aromatic heterocycles. The number of carbonyl (C=O) groups is 1. The molecule has 1 N–H and O–H groups in total. The molecule has 1 aromatic carbocycles. The average molecular weight is 347 g/mol. The van der Waals surface area contributed by atoms with Crippen LogP contribution in [0.4, 0.5) is 4.39 Å². The number of nitrogens with one attached hydrogen (secondary N) is 1. The van der Waals surface area contributed by atoms with Gasteiger partial charge in [0, 0.05) is 18.2 Å². The largest absolute Gasteiger partial charge is 0.350 e. The topological polar surface area (TPSA) is 45.2 Å².